The lowest BCUT2D eigenvalue weighted by molar-refractivity contribution is -0.137. The fraction of sp³-hybridized carbons (Fsp3) is 0.300. The average molecular weight is 380 g/mol. The third kappa shape index (κ3) is 3.08. The van der Waals surface area contributed by atoms with Crippen LogP contribution in [0.5, 0.6) is 0 Å². The summed E-state index contributed by atoms with van der Waals surface area (Å²) in [6, 6.07) is 9.00. The van der Waals surface area contributed by atoms with Gasteiger partial charge in [0.1, 0.15) is 11.9 Å². The Kier molecular flexibility index (Phi) is 4.39. The van der Waals surface area contributed by atoms with Crippen molar-refractivity contribution in [3.05, 3.63) is 47.1 Å². The van der Waals surface area contributed by atoms with Gasteiger partial charge in [0.25, 0.3) is 5.91 Å². The van der Waals surface area contributed by atoms with E-state index in [4.69, 9.17) is 0 Å². The van der Waals surface area contributed by atoms with E-state index >= 15 is 0 Å². The Balaban J connectivity index is 1.63. The first kappa shape index (κ1) is 17.6. The van der Waals surface area contributed by atoms with Crippen LogP contribution < -0.4 is 0 Å². The third-order valence-corrected chi connectivity index (χ3v) is 5.87. The van der Waals surface area contributed by atoms with E-state index in [-0.39, 0.29) is 11.8 Å². The molecule has 0 N–H and O–H groups in total. The first-order valence-corrected chi connectivity index (χ1v) is 9.72. The van der Waals surface area contributed by atoms with Crippen LogP contribution >= 0.6 is 11.3 Å². The van der Waals surface area contributed by atoms with Gasteiger partial charge < -0.3 is 9.80 Å². The molecule has 0 saturated carbocycles. The molecule has 1 saturated heterocycles. The Labute approximate surface area is 161 Å². The van der Waals surface area contributed by atoms with E-state index in [2.05, 4.69) is 9.97 Å². The second kappa shape index (κ2) is 6.74. The van der Waals surface area contributed by atoms with Crippen LogP contribution in [0.15, 0.2) is 35.7 Å². The largest absolute Gasteiger partial charge is 0.342 e. The predicted molar refractivity (Wildman–Crippen MR) is 106 cm³/mol. The van der Waals surface area contributed by atoms with Crippen molar-refractivity contribution in [2.24, 2.45) is 0 Å². The maximum atomic E-state index is 12.9. The van der Waals surface area contributed by atoms with Gasteiger partial charge in [0.2, 0.25) is 5.91 Å². The molecule has 3 aromatic rings. The number of rotatable bonds is 2. The van der Waals surface area contributed by atoms with Gasteiger partial charge in [0, 0.05) is 31.3 Å². The van der Waals surface area contributed by atoms with Crippen LogP contribution in [-0.4, -0.2) is 57.8 Å². The number of aryl methyl sites for hydroxylation is 1. The van der Waals surface area contributed by atoms with Gasteiger partial charge in [-0.2, -0.15) is 0 Å². The van der Waals surface area contributed by atoms with E-state index < -0.39 is 6.04 Å². The number of carbonyl (C=O) groups excluding carboxylic acids is 2. The summed E-state index contributed by atoms with van der Waals surface area (Å²) in [6.07, 6.45) is 0. The van der Waals surface area contributed by atoms with Crippen LogP contribution in [0.4, 0.5) is 0 Å². The number of fused-ring (bicyclic) bond motifs is 1. The fourth-order valence-corrected chi connectivity index (χ4v) is 4.25. The number of likely N-dealkylation sites (N-methyl/N-ethyl adjacent to an activating group) is 1. The maximum absolute atomic E-state index is 12.9. The molecule has 0 radical (unpaired) electrons. The van der Waals surface area contributed by atoms with Gasteiger partial charge in [-0.25, -0.2) is 9.97 Å². The molecule has 1 aliphatic rings. The first-order valence-electron chi connectivity index (χ1n) is 8.84. The molecular formula is C20H20N4O2S. The molecule has 1 fully saturated rings. The zero-order valence-corrected chi connectivity index (χ0v) is 16.3. The van der Waals surface area contributed by atoms with E-state index in [0.29, 0.717) is 18.7 Å². The highest BCUT2D eigenvalue weighted by Crippen LogP contribution is 2.30. The molecule has 138 valence electrons. The van der Waals surface area contributed by atoms with Crippen LogP contribution in [-0.2, 0) is 4.79 Å². The van der Waals surface area contributed by atoms with Gasteiger partial charge in [-0.3, -0.25) is 9.59 Å². The smallest absolute Gasteiger partial charge is 0.254 e. The second-order valence-electron chi connectivity index (χ2n) is 6.77. The summed E-state index contributed by atoms with van der Waals surface area (Å²) in [5.41, 5.74) is 3.35. The standard InChI is InChI=1S/C20H20N4O2S/c1-12-19(25)23(3)9-10-24(12)20(26)15-6-4-14(5-7-15)17-18-16(8-11-27-18)21-13(2)22-17/h4-8,11-12H,9-10H2,1-3H3. The molecule has 3 heterocycles. The average Bonchev–Trinajstić information content (AvgIpc) is 3.13. The van der Waals surface area contributed by atoms with Crippen molar-refractivity contribution >= 4 is 33.4 Å². The molecule has 2 aromatic heterocycles. The molecular weight excluding hydrogens is 360 g/mol. The molecule has 0 bridgehead atoms. The molecule has 1 aliphatic heterocycles. The quantitative estimate of drug-likeness (QED) is 0.686. The highest BCUT2D eigenvalue weighted by Gasteiger charge is 2.32. The summed E-state index contributed by atoms with van der Waals surface area (Å²) in [6.45, 7) is 4.76. The molecule has 6 nitrogen and oxygen atoms in total. The first-order chi connectivity index (χ1) is 13.0. The van der Waals surface area contributed by atoms with Gasteiger partial charge in [-0.1, -0.05) is 12.1 Å². The predicted octanol–water partition coefficient (Wildman–Crippen LogP) is 2.97. The number of piperazine rings is 1. The Bertz CT molecular complexity index is 1030. The molecule has 1 aromatic carbocycles. The number of thiophene rings is 1. The van der Waals surface area contributed by atoms with Crippen LogP contribution in [0.3, 0.4) is 0 Å². The summed E-state index contributed by atoms with van der Waals surface area (Å²) >= 11 is 1.61. The van der Waals surface area contributed by atoms with E-state index in [1.54, 1.807) is 35.1 Å². The fourth-order valence-electron chi connectivity index (χ4n) is 3.40. The number of amides is 2. The molecule has 0 spiro atoms. The molecule has 4 rings (SSSR count). The van der Waals surface area contributed by atoms with E-state index in [1.807, 2.05) is 42.6 Å². The summed E-state index contributed by atoms with van der Waals surface area (Å²) in [5, 5.41) is 2.01. The Hall–Kier alpha value is -2.80. The van der Waals surface area contributed by atoms with Crippen LogP contribution in [0, 0.1) is 6.92 Å². The third-order valence-electron chi connectivity index (χ3n) is 4.96. The van der Waals surface area contributed by atoms with E-state index in [0.717, 1.165) is 27.3 Å². The number of hydrogen-bond acceptors (Lipinski definition) is 5. The number of aromatic nitrogens is 2. The Morgan fingerprint density at radius 2 is 1.89 bits per heavy atom. The second-order valence-corrected chi connectivity index (χ2v) is 7.68. The van der Waals surface area contributed by atoms with Crippen molar-refractivity contribution in [3.8, 4) is 11.3 Å². The van der Waals surface area contributed by atoms with E-state index in [1.165, 1.54) is 0 Å². The Morgan fingerprint density at radius 3 is 2.63 bits per heavy atom. The van der Waals surface area contributed by atoms with Crippen molar-refractivity contribution in [2.45, 2.75) is 19.9 Å². The summed E-state index contributed by atoms with van der Waals surface area (Å²) in [7, 11) is 1.77. The highest BCUT2D eigenvalue weighted by molar-refractivity contribution is 7.17. The zero-order chi connectivity index (χ0) is 19.1. The molecule has 0 aliphatic carbocycles. The molecule has 27 heavy (non-hydrogen) atoms. The van der Waals surface area contributed by atoms with Gasteiger partial charge in [-0.05, 0) is 37.4 Å². The van der Waals surface area contributed by atoms with Gasteiger partial charge in [0.15, 0.2) is 0 Å². The number of benzene rings is 1. The zero-order valence-electron chi connectivity index (χ0n) is 15.5. The minimum atomic E-state index is -0.439. The van der Waals surface area contributed by atoms with Crippen molar-refractivity contribution in [1.29, 1.82) is 0 Å². The SMILES string of the molecule is Cc1nc(-c2ccc(C(=O)N3CCN(C)C(=O)C3C)cc2)c2sccc2n1. The minimum Gasteiger partial charge on any atom is -0.342 e. The monoisotopic (exact) mass is 380 g/mol. The number of carbonyl (C=O) groups is 2. The molecule has 1 atom stereocenters. The lowest BCUT2D eigenvalue weighted by Gasteiger charge is -2.37. The summed E-state index contributed by atoms with van der Waals surface area (Å²) in [5.74, 6) is 0.583. The lowest BCUT2D eigenvalue weighted by Crippen LogP contribution is -2.56. The van der Waals surface area contributed by atoms with Crippen LogP contribution in [0.1, 0.15) is 23.1 Å². The van der Waals surface area contributed by atoms with Gasteiger partial charge >= 0.3 is 0 Å². The Morgan fingerprint density at radius 1 is 1.15 bits per heavy atom. The normalized spacial score (nSPS) is 17.6. The molecule has 1 unspecified atom stereocenters. The van der Waals surface area contributed by atoms with Gasteiger partial charge in [-0.15, -0.1) is 11.3 Å². The number of nitrogens with zero attached hydrogens (tertiary/aromatic N) is 4. The highest BCUT2D eigenvalue weighted by atomic mass is 32.1. The topological polar surface area (TPSA) is 66.4 Å². The van der Waals surface area contributed by atoms with Crippen LogP contribution in [0.2, 0.25) is 0 Å². The van der Waals surface area contributed by atoms with Crippen molar-refractivity contribution in [3.63, 3.8) is 0 Å². The molecule has 2 amide bonds. The van der Waals surface area contributed by atoms with Crippen molar-refractivity contribution in [1.82, 2.24) is 19.8 Å². The van der Waals surface area contributed by atoms with Crippen LogP contribution in [0.25, 0.3) is 21.5 Å². The summed E-state index contributed by atoms with van der Waals surface area (Å²) in [4.78, 5) is 37.4. The van der Waals surface area contributed by atoms with Crippen molar-refractivity contribution < 1.29 is 9.59 Å². The molecule has 7 heteroatoms. The van der Waals surface area contributed by atoms with Gasteiger partial charge in [0.05, 0.1) is 15.9 Å². The number of hydrogen-bond donors (Lipinski definition) is 0. The van der Waals surface area contributed by atoms with E-state index in [9.17, 15) is 9.59 Å². The van der Waals surface area contributed by atoms with Crippen molar-refractivity contribution in [2.75, 3.05) is 20.1 Å². The minimum absolute atomic E-state index is 0.0252. The maximum Gasteiger partial charge on any atom is 0.254 e. The lowest BCUT2D eigenvalue weighted by atomic mass is 10.1. The summed E-state index contributed by atoms with van der Waals surface area (Å²) < 4.78 is 1.04.